The molecule has 100 valence electrons. The molecular weight excluding hydrogens is 343 g/mol. The highest BCUT2D eigenvalue weighted by Crippen LogP contribution is 2.10. The minimum atomic E-state index is 0. The Morgan fingerprint density at radius 3 is 3.11 bits per heavy atom. The second kappa shape index (κ2) is 8.25. The van der Waals surface area contributed by atoms with Gasteiger partial charge in [0.1, 0.15) is 0 Å². The molecule has 3 N–H and O–H groups in total. The molecule has 1 aromatic rings. The van der Waals surface area contributed by atoms with Crippen molar-refractivity contribution in [1.29, 1.82) is 0 Å². The lowest BCUT2D eigenvalue weighted by atomic mass is 10.2. The number of nitrogens with one attached hydrogen (secondary N) is 1. The Kier molecular flexibility index (Phi) is 6.96. The van der Waals surface area contributed by atoms with Gasteiger partial charge in [-0.25, -0.2) is 4.99 Å². The molecule has 0 saturated carbocycles. The minimum absolute atomic E-state index is 0. The number of hydrogen-bond acceptors (Lipinski definition) is 3. The molecule has 5 nitrogen and oxygen atoms in total. The SMILES string of the molecule is I.NC(=NCc1ccccn1)NCC1CCCO1. The molecule has 1 unspecified atom stereocenters. The average Bonchev–Trinajstić information content (AvgIpc) is 2.88. The maximum absolute atomic E-state index is 5.76. The summed E-state index contributed by atoms with van der Waals surface area (Å²) in [5, 5.41) is 3.07. The Morgan fingerprint density at radius 2 is 2.44 bits per heavy atom. The van der Waals surface area contributed by atoms with Gasteiger partial charge in [0.05, 0.1) is 18.3 Å². The molecule has 1 aliphatic rings. The zero-order valence-electron chi connectivity index (χ0n) is 10.2. The monoisotopic (exact) mass is 362 g/mol. The topological polar surface area (TPSA) is 72.5 Å². The molecule has 0 aliphatic carbocycles. The number of nitrogens with zero attached hydrogens (tertiary/aromatic N) is 2. The van der Waals surface area contributed by atoms with Crippen LogP contribution >= 0.6 is 24.0 Å². The molecule has 1 aliphatic heterocycles. The van der Waals surface area contributed by atoms with E-state index in [1.165, 1.54) is 0 Å². The van der Waals surface area contributed by atoms with Crippen molar-refractivity contribution in [3.8, 4) is 0 Å². The largest absolute Gasteiger partial charge is 0.376 e. The maximum Gasteiger partial charge on any atom is 0.189 e. The fourth-order valence-electron chi connectivity index (χ4n) is 1.74. The van der Waals surface area contributed by atoms with Gasteiger partial charge in [-0.2, -0.15) is 0 Å². The van der Waals surface area contributed by atoms with Crippen molar-refractivity contribution in [2.45, 2.75) is 25.5 Å². The van der Waals surface area contributed by atoms with Crippen LogP contribution in [0.1, 0.15) is 18.5 Å². The molecule has 1 atom stereocenters. The van der Waals surface area contributed by atoms with Gasteiger partial charge in [0.15, 0.2) is 5.96 Å². The third kappa shape index (κ3) is 5.18. The predicted molar refractivity (Wildman–Crippen MR) is 82.0 cm³/mol. The van der Waals surface area contributed by atoms with E-state index in [1.807, 2.05) is 18.2 Å². The van der Waals surface area contributed by atoms with Gasteiger partial charge < -0.3 is 15.8 Å². The normalized spacial score (nSPS) is 19.3. The molecule has 1 saturated heterocycles. The first-order chi connectivity index (χ1) is 8.34. The zero-order valence-corrected chi connectivity index (χ0v) is 12.5. The Morgan fingerprint density at radius 1 is 1.56 bits per heavy atom. The van der Waals surface area contributed by atoms with Crippen LogP contribution in [0.15, 0.2) is 29.4 Å². The van der Waals surface area contributed by atoms with Gasteiger partial charge in [-0.05, 0) is 25.0 Å². The van der Waals surface area contributed by atoms with Crippen LogP contribution in [-0.2, 0) is 11.3 Å². The number of hydrogen-bond donors (Lipinski definition) is 2. The molecule has 18 heavy (non-hydrogen) atoms. The molecule has 0 bridgehead atoms. The lowest BCUT2D eigenvalue weighted by Crippen LogP contribution is -2.37. The number of aromatic nitrogens is 1. The first-order valence-electron chi connectivity index (χ1n) is 5.90. The van der Waals surface area contributed by atoms with E-state index in [-0.39, 0.29) is 30.1 Å². The molecule has 1 fully saturated rings. The van der Waals surface area contributed by atoms with Crippen LogP contribution in [0.25, 0.3) is 0 Å². The fraction of sp³-hybridized carbons (Fsp3) is 0.500. The van der Waals surface area contributed by atoms with E-state index in [0.717, 1.165) is 31.7 Å². The number of nitrogens with two attached hydrogens (primary N) is 1. The molecule has 0 amide bonds. The Hall–Kier alpha value is -0.890. The van der Waals surface area contributed by atoms with Crippen LogP contribution in [-0.4, -0.2) is 30.2 Å². The summed E-state index contributed by atoms with van der Waals surface area (Å²) in [5.41, 5.74) is 6.67. The van der Waals surface area contributed by atoms with Gasteiger partial charge in [-0.3, -0.25) is 4.98 Å². The summed E-state index contributed by atoms with van der Waals surface area (Å²) in [5.74, 6) is 0.450. The molecule has 0 spiro atoms. The van der Waals surface area contributed by atoms with Crippen molar-refractivity contribution >= 4 is 29.9 Å². The van der Waals surface area contributed by atoms with Gasteiger partial charge in [0.25, 0.3) is 0 Å². The summed E-state index contributed by atoms with van der Waals surface area (Å²) in [6.07, 6.45) is 4.26. The van der Waals surface area contributed by atoms with E-state index in [2.05, 4.69) is 15.3 Å². The smallest absolute Gasteiger partial charge is 0.189 e. The Bertz CT molecular complexity index is 366. The average molecular weight is 362 g/mol. The highest BCUT2D eigenvalue weighted by Gasteiger charge is 2.14. The van der Waals surface area contributed by atoms with Gasteiger partial charge in [0, 0.05) is 19.3 Å². The van der Waals surface area contributed by atoms with Crippen LogP contribution in [0.3, 0.4) is 0 Å². The molecule has 6 heteroatoms. The Labute approximate surface area is 124 Å². The van der Waals surface area contributed by atoms with Gasteiger partial charge in [-0.1, -0.05) is 6.07 Å². The number of ether oxygens (including phenoxy) is 1. The fourth-order valence-corrected chi connectivity index (χ4v) is 1.74. The summed E-state index contributed by atoms with van der Waals surface area (Å²) in [6.45, 7) is 2.10. The van der Waals surface area contributed by atoms with E-state index in [9.17, 15) is 0 Å². The zero-order chi connectivity index (χ0) is 11.9. The summed E-state index contributed by atoms with van der Waals surface area (Å²) in [4.78, 5) is 8.39. The third-order valence-electron chi connectivity index (χ3n) is 2.67. The number of halogens is 1. The van der Waals surface area contributed by atoms with Crippen molar-refractivity contribution < 1.29 is 4.74 Å². The second-order valence-corrected chi connectivity index (χ2v) is 4.04. The summed E-state index contributed by atoms with van der Waals surface area (Å²) in [6, 6.07) is 5.75. The van der Waals surface area contributed by atoms with Crippen molar-refractivity contribution in [2.75, 3.05) is 13.2 Å². The number of rotatable bonds is 4. The van der Waals surface area contributed by atoms with Crippen molar-refractivity contribution in [3.63, 3.8) is 0 Å². The molecule has 1 aromatic heterocycles. The second-order valence-electron chi connectivity index (χ2n) is 4.04. The minimum Gasteiger partial charge on any atom is -0.376 e. The number of pyridine rings is 1. The van der Waals surface area contributed by atoms with Crippen LogP contribution < -0.4 is 11.1 Å². The number of guanidine groups is 1. The van der Waals surface area contributed by atoms with Gasteiger partial charge in [-0.15, -0.1) is 24.0 Å². The van der Waals surface area contributed by atoms with E-state index in [4.69, 9.17) is 10.5 Å². The predicted octanol–water partition coefficient (Wildman–Crippen LogP) is 1.28. The van der Waals surface area contributed by atoms with Crippen LogP contribution in [0.5, 0.6) is 0 Å². The van der Waals surface area contributed by atoms with Crippen LogP contribution in [0, 0.1) is 0 Å². The standard InChI is InChI=1S/C12H18N4O.HI/c13-12(16-9-11-5-3-7-17-11)15-8-10-4-1-2-6-14-10;/h1-2,4,6,11H,3,5,7-9H2,(H3,13,15,16);1H. The highest BCUT2D eigenvalue weighted by atomic mass is 127. The molecular formula is C12H19IN4O. The van der Waals surface area contributed by atoms with E-state index >= 15 is 0 Å². The van der Waals surface area contributed by atoms with Gasteiger partial charge >= 0.3 is 0 Å². The highest BCUT2D eigenvalue weighted by molar-refractivity contribution is 14.0. The lowest BCUT2D eigenvalue weighted by molar-refractivity contribution is 0.114. The molecule has 2 rings (SSSR count). The molecule has 0 aromatic carbocycles. The summed E-state index contributed by atoms with van der Waals surface area (Å²) < 4.78 is 5.48. The van der Waals surface area contributed by atoms with Crippen molar-refractivity contribution in [2.24, 2.45) is 10.7 Å². The molecule has 2 heterocycles. The maximum atomic E-state index is 5.76. The van der Waals surface area contributed by atoms with E-state index in [0.29, 0.717) is 12.5 Å². The third-order valence-corrected chi connectivity index (χ3v) is 2.67. The summed E-state index contributed by atoms with van der Waals surface area (Å²) in [7, 11) is 0. The van der Waals surface area contributed by atoms with Crippen LogP contribution in [0.2, 0.25) is 0 Å². The lowest BCUT2D eigenvalue weighted by Gasteiger charge is -2.10. The van der Waals surface area contributed by atoms with Crippen LogP contribution in [0.4, 0.5) is 0 Å². The van der Waals surface area contributed by atoms with E-state index in [1.54, 1.807) is 6.20 Å². The van der Waals surface area contributed by atoms with E-state index < -0.39 is 0 Å². The quantitative estimate of drug-likeness (QED) is 0.481. The summed E-state index contributed by atoms with van der Waals surface area (Å²) >= 11 is 0. The van der Waals surface area contributed by atoms with Crippen molar-refractivity contribution in [3.05, 3.63) is 30.1 Å². The first-order valence-corrected chi connectivity index (χ1v) is 5.90. The van der Waals surface area contributed by atoms with Gasteiger partial charge in [0.2, 0.25) is 0 Å². The number of aliphatic imine (C=N–C) groups is 1. The van der Waals surface area contributed by atoms with Crippen molar-refractivity contribution in [1.82, 2.24) is 10.3 Å². The first kappa shape index (κ1) is 15.2. The molecule has 0 radical (unpaired) electrons. The Balaban J connectivity index is 0.00000162.